The van der Waals surface area contributed by atoms with Gasteiger partial charge in [0, 0.05) is 20.1 Å². The lowest BCUT2D eigenvalue weighted by atomic mass is 10.2. The predicted octanol–water partition coefficient (Wildman–Crippen LogP) is 3.94. The number of nitrogens with one attached hydrogen (secondary N) is 1. The van der Waals surface area contributed by atoms with Crippen LogP contribution in [0.25, 0.3) is 0 Å². The normalized spacial score (nSPS) is 17.3. The average molecular weight is 435 g/mol. The van der Waals surface area contributed by atoms with Crippen LogP contribution in [-0.4, -0.2) is 43.5 Å². The van der Waals surface area contributed by atoms with Gasteiger partial charge in [0.15, 0.2) is 17.3 Å². The number of anilines is 2. The Morgan fingerprint density at radius 2 is 2.24 bits per heavy atom. The van der Waals surface area contributed by atoms with Crippen LogP contribution in [0.4, 0.5) is 11.5 Å². The van der Waals surface area contributed by atoms with Gasteiger partial charge >= 0.3 is 0 Å². The van der Waals surface area contributed by atoms with Gasteiger partial charge in [-0.2, -0.15) is 4.98 Å². The number of aromatic nitrogens is 2. The number of thioether (sulfide) groups is 1. The van der Waals surface area contributed by atoms with Crippen molar-refractivity contribution in [3.63, 3.8) is 0 Å². The molecule has 0 spiro atoms. The molecule has 1 aromatic carbocycles. The van der Waals surface area contributed by atoms with Crippen LogP contribution >= 0.6 is 24.0 Å². The summed E-state index contributed by atoms with van der Waals surface area (Å²) in [5.41, 5.74) is 6.26. The summed E-state index contributed by atoms with van der Waals surface area (Å²) >= 11 is 7.22. The first-order chi connectivity index (χ1) is 14.1. The Morgan fingerprint density at radius 1 is 1.38 bits per heavy atom. The largest absolute Gasteiger partial charge is 0.500 e. The van der Waals surface area contributed by atoms with Crippen molar-refractivity contribution in [2.24, 2.45) is 5.73 Å². The molecule has 0 amide bonds. The molecule has 2 aliphatic heterocycles. The van der Waals surface area contributed by atoms with Crippen LogP contribution in [0, 0.1) is 4.77 Å². The molecule has 0 fully saturated rings. The smallest absolute Gasteiger partial charge is 0.202 e. The van der Waals surface area contributed by atoms with E-state index in [1.165, 1.54) is 0 Å². The zero-order valence-electron chi connectivity index (χ0n) is 16.1. The van der Waals surface area contributed by atoms with Crippen molar-refractivity contribution >= 4 is 35.5 Å². The summed E-state index contributed by atoms with van der Waals surface area (Å²) in [6, 6.07) is 5.61. The fraction of sp³-hybridized carbons (Fsp3) is 0.368. The van der Waals surface area contributed by atoms with Crippen LogP contribution in [0.1, 0.15) is 11.8 Å². The van der Waals surface area contributed by atoms with Gasteiger partial charge in [-0.25, -0.2) is 0 Å². The van der Waals surface area contributed by atoms with E-state index in [2.05, 4.69) is 10.3 Å². The number of para-hydroxylation sites is 1. The monoisotopic (exact) mass is 434 g/mol. The van der Waals surface area contributed by atoms with Crippen molar-refractivity contribution in [2.75, 3.05) is 39.3 Å². The Labute approximate surface area is 178 Å². The lowest BCUT2D eigenvalue weighted by molar-refractivity contribution is 0.219. The number of hydrogen-bond acceptors (Lipinski definition) is 9. The molecule has 0 aliphatic carbocycles. The molecule has 0 saturated heterocycles. The predicted molar refractivity (Wildman–Crippen MR) is 115 cm³/mol. The maximum Gasteiger partial charge on any atom is 0.202 e. The molecule has 0 radical (unpaired) electrons. The minimum Gasteiger partial charge on any atom is -0.500 e. The number of fused-ring (bicyclic) bond motifs is 2. The van der Waals surface area contributed by atoms with Crippen LogP contribution in [-0.2, 0) is 9.47 Å². The third kappa shape index (κ3) is 3.93. The van der Waals surface area contributed by atoms with Crippen LogP contribution in [0.2, 0.25) is 0 Å². The Morgan fingerprint density at radius 3 is 3.00 bits per heavy atom. The summed E-state index contributed by atoms with van der Waals surface area (Å²) in [4.78, 5) is 5.62. The fourth-order valence-electron chi connectivity index (χ4n) is 3.21. The van der Waals surface area contributed by atoms with Crippen molar-refractivity contribution in [1.29, 1.82) is 0 Å². The molecule has 10 heteroatoms. The molecule has 0 saturated carbocycles. The molecule has 0 unspecified atom stereocenters. The highest BCUT2D eigenvalue weighted by molar-refractivity contribution is 8.03. The second-order valence-corrected chi connectivity index (χ2v) is 8.04. The highest BCUT2D eigenvalue weighted by Gasteiger charge is 2.29. The molecule has 8 nitrogen and oxygen atoms in total. The van der Waals surface area contributed by atoms with E-state index in [-0.39, 0.29) is 5.37 Å². The van der Waals surface area contributed by atoms with E-state index in [4.69, 9.17) is 36.9 Å². The van der Waals surface area contributed by atoms with E-state index in [1.54, 1.807) is 26.0 Å². The number of hydrogen-bond donors (Lipinski definition) is 2. The highest BCUT2D eigenvalue weighted by Crippen LogP contribution is 2.48. The molecule has 1 aromatic heterocycles. The molecule has 4 rings (SSSR count). The molecule has 2 aliphatic rings. The summed E-state index contributed by atoms with van der Waals surface area (Å²) in [6.45, 7) is 1.35. The molecule has 2 aromatic rings. The van der Waals surface area contributed by atoms with E-state index >= 15 is 0 Å². The minimum atomic E-state index is 0.0321. The molecular weight excluding hydrogens is 412 g/mol. The molecule has 0 bridgehead atoms. The van der Waals surface area contributed by atoms with Crippen LogP contribution in [0.5, 0.6) is 17.2 Å². The Bertz CT molecular complexity index is 1010. The molecule has 154 valence electrons. The first-order valence-electron chi connectivity index (χ1n) is 9.10. The summed E-state index contributed by atoms with van der Waals surface area (Å²) in [7, 11) is 3.34. The van der Waals surface area contributed by atoms with Gasteiger partial charge in [0.05, 0.1) is 30.2 Å². The van der Waals surface area contributed by atoms with Gasteiger partial charge in [-0.1, -0.05) is 17.8 Å². The topological polar surface area (TPSA) is 92.8 Å². The van der Waals surface area contributed by atoms with E-state index < -0.39 is 0 Å². The molecular formula is C19H22N4O4S2. The third-order valence-electron chi connectivity index (χ3n) is 4.53. The zero-order chi connectivity index (χ0) is 20.4. The molecule has 3 N–H and O–H groups in total. The number of methoxy groups -OCH3 is 2. The van der Waals surface area contributed by atoms with Gasteiger partial charge in [0.2, 0.25) is 4.77 Å². The van der Waals surface area contributed by atoms with Gasteiger partial charge in [-0.3, -0.25) is 0 Å². The first kappa shape index (κ1) is 20.0. The third-order valence-corrected chi connectivity index (χ3v) is 6.12. The van der Waals surface area contributed by atoms with E-state index in [0.29, 0.717) is 59.7 Å². The first-order valence-corrected chi connectivity index (χ1v) is 10.4. The number of nitrogens with zero attached hydrogens (tertiary/aromatic N) is 2. The zero-order valence-corrected chi connectivity index (χ0v) is 17.8. The number of allylic oxidation sites excluding steroid dienone is 1. The number of rotatable bonds is 7. The van der Waals surface area contributed by atoms with Gasteiger partial charge in [-0.15, -0.1) is 0 Å². The van der Waals surface area contributed by atoms with Gasteiger partial charge < -0.3 is 34.6 Å². The van der Waals surface area contributed by atoms with E-state index in [9.17, 15) is 0 Å². The van der Waals surface area contributed by atoms with Crippen molar-refractivity contribution in [2.45, 2.75) is 11.8 Å². The quantitative estimate of drug-likeness (QED) is 0.536. The maximum atomic E-state index is 6.10. The standard InChI is InChI=1S/C19H22N4O4S2/c1-24-10-15-13(25-2)8-16(29-15)23-9-14-18(22-19(23)28)21-17-11(26-7-6-20)4-3-5-12(17)27-14/h3-5,9,16H,6-8,10,20H2,1-2H3,(H,21,22,28)/t16-/m1/s1. The summed E-state index contributed by atoms with van der Waals surface area (Å²) in [5, 5.41) is 3.31. The van der Waals surface area contributed by atoms with Gasteiger partial charge in [-0.05, 0) is 24.4 Å². The number of ether oxygens (including phenoxy) is 4. The highest BCUT2D eigenvalue weighted by atomic mass is 32.2. The summed E-state index contributed by atoms with van der Waals surface area (Å²) < 4.78 is 25.0. The maximum absolute atomic E-state index is 6.10. The fourth-order valence-corrected chi connectivity index (χ4v) is 4.87. The van der Waals surface area contributed by atoms with Crippen molar-refractivity contribution in [1.82, 2.24) is 9.55 Å². The van der Waals surface area contributed by atoms with E-state index in [0.717, 1.165) is 10.7 Å². The average Bonchev–Trinajstić information content (AvgIpc) is 3.13. The van der Waals surface area contributed by atoms with Crippen molar-refractivity contribution in [3.05, 3.63) is 39.8 Å². The summed E-state index contributed by atoms with van der Waals surface area (Å²) in [5.74, 6) is 3.39. The molecule has 29 heavy (non-hydrogen) atoms. The van der Waals surface area contributed by atoms with Crippen LogP contribution < -0.4 is 20.5 Å². The lowest BCUT2D eigenvalue weighted by Gasteiger charge is -2.25. The number of benzene rings is 1. The van der Waals surface area contributed by atoms with Gasteiger partial charge in [0.1, 0.15) is 23.8 Å². The Kier molecular flexibility index (Phi) is 5.95. The van der Waals surface area contributed by atoms with E-state index in [1.807, 2.05) is 29.0 Å². The van der Waals surface area contributed by atoms with Crippen molar-refractivity contribution in [3.8, 4) is 17.2 Å². The second kappa shape index (κ2) is 8.62. The SMILES string of the molecule is COCC1=C(OC)C[C@H](n2cc3c(nc2=S)Nc2c(OCCN)cccc2O3)S1. The Balaban J connectivity index is 1.61. The molecule has 3 heterocycles. The lowest BCUT2D eigenvalue weighted by Crippen LogP contribution is -2.14. The van der Waals surface area contributed by atoms with Crippen LogP contribution in [0.15, 0.2) is 35.1 Å². The minimum absolute atomic E-state index is 0.0321. The van der Waals surface area contributed by atoms with Crippen molar-refractivity contribution < 1.29 is 18.9 Å². The molecule has 1 atom stereocenters. The van der Waals surface area contributed by atoms with Crippen LogP contribution in [0.3, 0.4) is 0 Å². The second-order valence-electron chi connectivity index (χ2n) is 6.40. The summed E-state index contributed by atoms with van der Waals surface area (Å²) in [6.07, 6.45) is 2.59. The van der Waals surface area contributed by atoms with Gasteiger partial charge in [0.25, 0.3) is 0 Å². The number of nitrogens with two attached hydrogens (primary N) is 1. The Hall–Kier alpha value is -2.27.